The molecule has 1 N–H and O–H groups in total. The number of hydrogen-bond donors (Lipinski definition) is 1. The monoisotopic (exact) mass is 307 g/mol. The number of alkyl carbamates (subject to hydrolysis) is 1. The van der Waals surface area contributed by atoms with Gasteiger partial charge in [0.1, 0.15) is 11.7 Å². The molecule has 0 aromatic heterocycles. The van der Waals surface area contributed by atoms with Gasteiger partial charge >= 0.3 is 12.1 Å². The third-order valence-corrected chi connectivity index (χ3v) is 3.37. The van der Waals surface area contributed by atoms with E-state index < -0.39 is 24.0 Å². The summed E-state index contributed by atoms with van der Waals surface area (Å²) in [5.74, 6) is -2.07. The Hall–Kier alpha value is -2.37. The van der Waals surface area contributed by atoms with E-state index in [0.29, 0.717) is 12.8 Å². The summed E-state index contributed by atoms with van der Waals surface area (Å²) < 4.78 is 9.23. The van der Waals surface area contributed by atoms with Gasteiger partial charge in [-0.05, 0) is 25.3 Å². The molecule has 0 spiro atoms. The summed E-state index contributed by atoms with van der Waals surface area (Å²) in [5.41, 5.74) is 1.05. The van der Waals surface area contributed by atoms with Gasteiger partial charge < -0.3 is 14.8 Å². The third kappa shape index (κ3) is 5.20. The first-order chi connectivity index (χ1) is 10.5. The van der Waals surface area contributed by atoms with Crippen molar-refractivity contribution in [1.29, 1.82) is 0 Å². The standard InChI is InChI=1S/C16H21NO5/c1-11(18)14(15(19)21-2)13(17-16(20)22-3)10-9-12-7-5-4-6-8-12/h4-8,13-14H,9-10H2,1-3H3,(H,17,20). The van der Waals surface area contributed by atoms with Gasteiger partial charge in [0, 0.05) is 0 Å². The van der Waals surface area contributed by atoms with E-state index in [4.69, 9.17) is 0 Å². The Morgan fingerprint density at radius 2 is 1.73 bits per heavy atom. The molecule has 1 aromatic rings. The number of hydrogen-bond acceptors (Lipinski definition) is 5. The smallest absolute Gasteiger partial charge is 0.407 e. The number of rotatable bonds is 7. The van der Waals surface area contributed by atoms with Gasteiger partial charge in [-0.3, -0.25) is 9.59 Å². The fourth-order valence-corrected chi connectivity index (χ4v) is 2.24. The number of carbonyl (C=O) groups excluding carboxylic acids is 3. The fraction of sp³-hybridized carbons (Fsp3) is 0.438. The lowest BCUT2D eigenvalue weighted by molar-refractivity contribution is -0.150. The van der Waals surface area contributed by atoms with Crippen molar-refractivity contribution in [3.63, 3.8) is 0 Å². The zero-order valence-corrected chi connectivity index (χ0v) is 13.0. The average Bonchev–Trinajstić information content (AvgIpc) is 2.52. The van der Waals surface area contributed by atoms with E-state index in [2.05, 4.69) is 14.8 Å². The first-order valence-electron chi connectivity index (χ1n) is 6.96. The topological polar surface area (TPSA) is 81.7 Å². The molecule has 0 radical (unpaired) electrons. The van der Waals surface area contributed by atoms with Crippen LogP contribution in [0.2, 0.25) is 0 Å². The van der Waals surface area contributed by atoms with Gasteiger partial charge in [0.05, 0.1) is 20.3 Å². The summed E-state index contributed by atoms with van der Waals surface area (Å²) >= 11 is 0. The van der Waals surface area contributed by atoms with Crippen LogP contribution in [0.4, 0.5) is 4.79 Å². The molecule has 0 saturated heterocycles. The van der Waals surface area contributed by atoms with Gasteiger partial charge in [-0.15, -0.1) is 0 Å². The van der Waals surface area contributed by atoms with Gasteiger partial charge in [0.25, 0.3) is 0 Å². The van der Waals surface area contributed by atoms with Crippen molar-refractivity contribution in [2.75, 3.05) is 14.2 Å². The van der Waals surface area contributed by atoms with Crippen LogP contribution in [0.5, 0.6) is 0 Å². The SMILES string of the molecule is COC(=O)NC(CCc1ccccc1)C(C(C)=O)C(=O)OC. The highest BCUT2D eigenvalue weighted by Crippen LogP contribution is 2.15. The van der Waals surface area contributed by atoms with Gasteiger partial charge in [-0.25, -0.2) is 4.79 Å². The predicted molar refractivity (Wildman–Crippen MR) is 80.3 cm³/mol. The Morgan fingerprint density at radius 1 is 1.09 bits per heavy atom. The summed E-state index contributed by atoms with van der Waals surface area (Å²) in [6.07, 6.45) is 0.336. The summed E-state index contributed by atoms with van der Waals surface area (Å²) in [4.78, 5) is 35.1. The van der Waals surface area contributed by atoms with Crippen LogP contribution in [-0.4, -0.2) is 38.1 Å². The van der Waals surface area contributed by atoms with E-state index in [0.717, 1.165) is 5.56 Å². The van der Waals surface area contributed by atoms with Crippen molar-refractivity contribution in [3.05, 3.63) is 35.9 Å². The molecule has 1 rings (SSSR count). The number of esters is 1. The molecule has 2 unspecified atom stereocenters. The molecular weight excluding hydrogens is 286 g/mol. The summed E-state index contributed by atoms with van der Waals surface area (Å²) in [7, 11) is 2.44. The second-order valence-corrected chi connectivity index (χ2v) is 4.88. The number of Topliss-reactive ketones (excluding diaryl/α,β-unsaturated/α-hetero) is 1. The van der Waals surface area contributed by atoms with E-state index in [1.165, 1.54) is 21.1 Å². The lowest BCUT2D eigenvalue weighted by atomic mass is 9.91. The number of nitrogens with one attached hydrogen (secondary N) is 1. The van der Waals surface area contributed by atoms with Crippen LogP contribution >= 0.6 is 0 Å². The maximum Gasteiger partial charge on any atom is 0.407 e. The lowest BCUT2D eigenvalue weighted by Crippen LogP contribution is -2.46. The maximum atomic E-state index is 11.8. The number of ketones is 1. The van der Waals surface area contributed by atoms with E-state index in [-0.39, 0.29) is 5.78 Å². The molecule has 0 heterocycles. The van der Waals surface area contributed by atoms with Crippen LogP contribution in [0.1, 0.15) is 18.9 Å². The molecule has 0 aliphatic rings. The molecule has 1 amide bonds. The minimum Gasteiger partial charge on any atom is -0.468 e. The molecule has 0 bridgehead atoms. The number of ether oxygens (including phenoxy) is 2. The van der Waals surface area contributed by atoms with Crippen LogP contribution in [0, 0.1) is 5.92 Å². The summed E-state index contributed by atoms with van der Waals surface area (Å²) in [5, 5.41) is 2.55. The molecule has 0 fully saturated rings. The molecule has 22 heavy (non-hydrogen) atoms. The molecule has 6 heteroatoms. The molecule has 0 saturated carbocycles. The van der Waals surface area contributed by atoms with Crippen LogP contribution < -0.4 is 5.32 Å². The Morgan fingerprint density at radius 3 is 2.23 bits per heavy atom. The minimum absolute atomic E-state index is 0.360. The molecule has 2 atom stereocenters. The highest BCUT2D eigenvalue weighted by atomic mass is 16.5. The van der Waals surface area contributed by atoms with Crippen molar-refractivity contribution in [2.45, 2.75) is 25.8 Å². The number of benzene rings is 1. The molecule has 1 aromatic carbocycles. The second kappa shape index (κ2) is 8.81. The van der Waals surface area contributed by atoms with E-state index in [9.17, 15) is 14.4 Å². The normalized spacial score (nSPS) is 12.9. The molecule has 0 aliphatic heterocycles. The predicted octanol–water partition coefficient (Wildman–Crippen LogP) is 1.72. The first kappa shape index (κ1) is 17.7. The molecule has 0 aliphatic carbocycles. The molecular formula is C16H21NO5. The minimum atomic E-state index is -1.05. The van der Waals surface area contributed by atoms with Crippen molar-refractivity contribution in [3.8, 4) is 0 Å². The fourth-order valence-electron chi connectivity index (χ4n) is 2.24. The van der Waals surface area contributed by atoms with Crippen LogP contribution in [0.25, 0.3) is 0 Å². The Balaban J connectivity index is 2.88. The number of carbonyl (C=O) groups is 3. The van der Waals surface area contributed by atoms with Gasteiger partial charge in [-0.1, -0.05) is 30.3 Å². The molecule has 6 nitrogen and oxygen atoms in total. The first-order valence-corrected chi connectivity index (χ1v) is 6.96. The largest absolute Gasteiger partial charge is 0.468 e. The van der Waals surface area contributed by atoms with Crippen molar-refractivity contribution >= 4 is 17.8 Å². The highest BCUT2D eigenvalue weighted by Gasteiger charge is 2.34. The highest BCUT2D eigenvalue weighted by molar-refractivity contribution is 5.98. The van der Waals surface area contributed by atoms with E-state index >= 15 is 0 Å². The average molecular weight is 307 g/mol. The Kier molecular flexibility index (Phi) is 7.08. The quantitative estimate of drug-likeness (QED) is 0.613. The number of methoxy groups -OCH3 is 2. The van der Waals surface area contributed by atoms with E-state index in [1.54, 1.807) is 0 Å². The van der Waals surface area contributed by atoms with Crippen molar-refractivity contribution in [1.82, 2.24) is 5.32 Å². The van der Waals surface area contributed by atoms with Crippen molar-refractivity contribution in [2.24, 2.45) is 5.92 Å². The van der Waals surface area contributed by atoms with Crippen LogP contribution in [0.3, 0.4) is 0 Å². The zero-order chi connectivity index (χ0) is 16.5. The zero-order valence-electron chi connectivity index (χ0n) is 13.0. The number of amides is 1. The summed E-state index contributed by atoms with van der Waals surface area (Å²) in [6.45, 7) is 1.30. The van der Waals surface area contributed by atoms with E-state index in [1.807, 2.05) is 30.3 Å². The van der Waals surface area contributed by atoms with Gasteiger partial charge in [-0.2, -0.15) is 0 Å². The van der Waals surface area contributed by atoms with Gasteiger partial charge in [0.2, 0.25) is 0 Å². The third-order valence-electron chi connectivity index (χ3n) is 3.37. The van der Waals surface area contributed by atoms with Gasteiger partial charge in [0.15, 0.2) is 0 Å². The van der Waals surface area contributed by atoms with Crippen molar-refractivity contribution < 1.29 is 23.9 Å². The van der Waals surface area contributed by atoms with Crippen LogP contribution in [0.15, 0.2) is 30.3 Å². The number of aryl methyl sites for hydroxylation is 1. The molecule has 120 valence electrons. The maximum absolute atomic E-state index is 11.8. The summed E-state index contributed by atoms with van der Waals surface area (Å²) in [6, 6.07) is 8.91. The van der Waals surface area contributed by atoms with Crippen LogP contribution in [-0.2, 0) is 25.5 Å². The Bertz CT molecular complexity index is 515. The lowest BCUT2D eigenvalue weighted by Gasteiger charge is -2.24. The Labute approximate surface area is 129 Å². The second-order valence-electron chi connectivity index (χ2n) is 4.88.